The van der Waals surface area contributed by atoms with E-state index in [0.717, 1.165) is 12.2 Å². The predicted octanol–water partition coefficient (Wildman–Crippen LogP) is 3.82. The molecule has 2 N–H and O–H groups in total. The molecular formula is C14H21NOS. The SMILES string of the molecule is CCCCCCCc1ccccc1OC(N)=S. The summed E-state index contributed by atoms with van der Waals surface area (Å²) in [6.45, 7) is 2.23. The standard InChI is InChI=1S/C14H21NOS/c1-2-3-4-5-6-9-12-10-7-8-11-13(12)16-14(15)17/h7-8,10-11H,2-6,9H2,1H3,(H2,15,17). The molecule has 0 saturated heterocycles. The van der Waals surface area contributed by atoms with Crippen molar-refractivity contribution in [2.24, 2.45) is 5.73 Å². The van der Waals surface area contributed by atoms with Gasteiger partial charge in [0.2, 0.25) is 0 Å². The molecule has 0 aliphatic rings. The molecule has 0 aromatic heterocycles. The van der Waals surface area contributed by atoms with Gasteiger partial charge in [-0.3, -0.25) is 0 Å². The van der Waals surface area contributed by atoms with Gasteiger partial charge in [0.1, 0.15) is 5.75 Å². The predicted molar refractivity (Wildman–Crippen MR) is 76.3 cm³/mol. The smallest absolute Gasteiger partial charge is 0.259 e. The fraction of sp³-hybridized carbons (Fsp3) is 0.500. The Morgan fingerprint density at radius 3 is 2.59 bits per heavy atom. The summed E-state index contributed by atoms with van der Waals surface area (Å²) in [5, 5.41) is 0.0865. The molecule has 0 fully saturated rings. The Bertz CT molecular complexity index is 352. The van der Waals surface area contributed by atoms with Crippen LogP contribution < -0.4 is 10.5 Å². The van der Waals surface area contributed by atoms with Crippen molar-refractivity contribution < 1.29 is 4.74 Å². The van der Waals surface area contributed by atoms with Gasteiger partial charge >= 0.3 is 0 Å². The molecule has 1 rings (SSSR count). The van der Waals surface area contributed by atoms with Crippen LogP contribution >= 0.6 is 12.2 Å². The molecule has 17 heavy (non-hydrogen) atoms. The minimum absolute atomic E-state index is 0.0865. The first kappa shape index (κ1) is 14.0. The van der Waals surface area contributed by atoms with Crippen molar-refractivity contribution in [3.05, 3.63) is 29.8 Å². The zero-order valence-corrected chi connectivity index (χ0v) is 11.3. The van der Waals surface area contributed by atoms with Gasteiger partial charge in [0.05, 0.1) is 0 Å². The molecule has 0 spiro atoms. The molecule has 2 nitrogen and oxygen atoms in total. The number of nitrogens with two attached hydrogens (primary N) is 1. The van der Waals surface area contributed by atoms with Crippen molar-refractivity contribution in [2.75, 3.05) is 0 Å². The number of aryl methyl sites for hydroxylation is 1. The van der Waals surface area contributed by atoms with Crippen LogP contribution in [0.1, 0.15) is 44.6 Å². The normalized spacial score (nSPS) is 10.2. The highest BCUT2D eigenvalue weighted by molar-refractivity contribution is 7.80. The summed E-state index contributed by atoms with van der Waals surface area (Å²) < 4.78 is 5.33. The lowest BCUT2D eigenvalue weighted by molar-refractivity contribution is 0.543. The van der Waals surface area contributed by atoms with Gasteiger partial charge in [0.15, 0.2) is 0 Å². The molecule has 0 heterocycles. The van der Waals surface area contributed by atoms with Crippen molar-refractivity contribution in [1.29, 1.82) is 0 Å². The molecule has 0 unspecified atom stereocenters. The molecule has 0 aliphatic carbocycles. The van der Waals surface area contributed by atoms with Crippen molar-refractivity contribution >= 4 is 17.4 Å². The topological polar surface area (TPSA) is 35.2 Å². The third-order valence-corrected chi connectivity index (χ3v) is 2.82. The number of rotatable bonds is 7. The molecule has 1 aromatic carbocycles. The average molecular weight is 251 g/mol. The summed E-state index contributed by atoms with van der Waals surface area (Å²) in [4.78, 5) is 0. The van der Waals surface area contributed by atoms with Gasteiger partial charge in [-0.05, 0) is 36.7 Å². The fourth-order valence-corrected chi connectivity index (χ4v) is 1.93. The highest BCUT2D eigenvalue weighted by Crippen LogP contribution is 2.20. The lowest BCUT2D eigenvalue weighted by Gasteiger charge is -2.09. The lowest BCUT2D eigenvalue weighted by atomic mass is 10.0. The summed E-state index contributed by atoms with van der Waals surface area (Å²) in [5.74, 6) is 0.801. The van der Waals surface area contributed by atoms with Gasteiger partial charge in [0.25, 0.3) is 5.17 Å². The van der Waals surface area contributed by atoms with E-state index in [9.17, 15) is 0 Å². The molecule has 0 saturated carbocycles. The van der Waals surface area contributed by atoms with Crippen molar-refractivity contribution in [1.82, 2.24) is 0 Å². The van der Waals surface area contributed by atoms with E-state index >= 15 is 0 Å². The number of hydrogen-bond acceptors (Lipinski definition) is 2. The van der Waals surface area contributed by atoms with Crippen LogP contribution in [0.4, 0.5) is 0 Å². The Morgan fingerprint density at radius 1 is 1.18 bits per heavy atom. The van der Waals surface area contributed by atoms with Gasteiger partial charge in [-0.15, -0.1) is 0 Å². The first-order valence-corrected chi connectivity index (χ1v) is 6.70. The number of ether oxygens (including phenoxy) is 1. The van der Waals surface area contributed by atoms with Gasteiger partial charge < -0.3 is 10.5 Å². The van der Waals surface area contributed by atoms with E-state index in [0.29, 0.717) is 0 Å². The summed E-state index contributed by atoms with van der Waals surface area (Å²) in [6.07, 6.45) is 7.41. The van der Waals surface area contributed by atoms with E-state index in [4.69, 9.17) is 22.7 Å². The van der Waals surface area contributed by atoms with E-state index in [1.165, 1.54) is 37.7 Å². The van der Waals surface area contributed by atoms with Gasteiger partial charge in [0, 0.05) is 0 Å². The molecule has 1 aromatic rings. The van der Waals surface area contributed by atoms with E-state index in [1.54, 1.807) is 0 Å². The van der Waals surface area contributed by atoms with Crippen LogP contribution in [-0.2, 0) is 6.42 Å². The largest absolute Gasteiger partial charge is 0.432 e. The van der Waals surface area contributed by atoms with Crippen molar-refractivity contribution in [3.63, 3.8) is 0 Å². The molecular weight excluding hydrogens is 230 g/mol. The minimum Gasteiger partial charge on any atom is -0.432 e. The Labute approximate surface area is 109 Å². The van der Waals surface area contributed by atoms with Crippen molar-refractivity contribution in [3.8, 4) is 5.75 Å². The second kappa shape index (κ2) is 8.07. The minimum atomic E-state index is 0.0865. The first-order chi connectivity index (χ1) is 8.24. The van der Waals surface area contributed by atoms with Gasteiger partial charge in [-0.25, -0.2) is 0 Å². The van der Waals surface area contributed by atoms with Crippen LogP contribution in [0.5, 0.6) is 5.75 Å². The maximum Gasteiger partial charge on any atom is 0.259 e. The Balaban J connectivity index is 2.43. The van der Waals surface area contributed by atoms with E-state index in [-0.39, 0.29) is 5.17 Å². The zero-order chi connectivity index (χ0) is 12.5. The van der Waals surface area contributed by atoms with Gasteiger partial charge in [-0.2, -0.15) is 0 Å². The number of unbranched alkanes of at least 4 members (excludes halogenated alkanes) is 4. The molecule has 0 radical (unpaired) electrons. The van der Waals surface area contributed by atoms with E-state index < -0.39 is 0 Å². The van der Waals surface area contributed by atoms with Crippen LogP contribution in [0.25, 0.3) is 0 Å². The molecule has 0 atom stereocenters. The average Bonchev–Trinajstić information content (AvgIpc) is 2.30. The maximum atomic E-state index is 5.40. The fourth-order valence-electron chi connectivity index (χ4n) is 1.84. The number of benzene rings is 1. The monoisotopic (exact) mass is 251 g/mol. The van der Waals surface area contributed by atoms with E-state index in [2.05, 4.69) is 13.0 Å². The van der Waals surface area contributed by atoms with Crippen LogP contribution in [0.2, 0.25) is 0 Å². The molecule has 94 valence electrons. The van der Waals surface area contributed by atoms with Crippen LogP contribution in [0.3, 0.4) is 0 Å². The summed E-state index contributed by atoms with van der Waals surface area (Å²) in [7, 11) is 0. The van der Waals surface area contributed by atoms with Gasteiger partial charge in [-0.1, -0.05) is 50.8 Å². The Kier molecular flexibility index (Phi) is 6.63. The molecule has 0 amide bonds. The molecule has 3 heteroatoms. The van der Waals surface area contributed by atoms with Crippen molar-refractivity contribution in [2.45, 2.75) is 45.4 Å². The maximum absolute atomic E-state index is 5.40. The highest BCUT2D eigenvalue weighted by atomic mass is 32.1. The van der Waals surface area contributed by atoms with Crippen LogP contribution in [-0.4, -0.2) is 5.17 Å². The highest BCUT2D eigenvalue weighted by Gasteiger charge is 2.03. The number of para-hydroxylation sites is 1. The van der Waals surface area contributed by atoms with Crippen LogP contribution in [0.15, 0.2) is 24.3 Å². The number of thiocarbonyl (C=S) groups is 1. The summed E-state index contributed by atoms with van der Waals surface area (Å²) in [5.41, 5.74) is 6.59. The van der Waals surface area contributed by atoms with E-state index in [1.807, 2.05) is 18.2 Å². The molecule has 0 aliphatic heterocycles. The molecule has 0 bridgehead atoms. The Hall–Kier alpha value is -1.09. The third-order valence-electron chi connectivity index (χ3n) is 2.73. The Morgan fingerprint density at radius 2 is 1.88 bits per heavy atom. The zero-order valence-electron chi connectivity index (χ0n) is 10.4. The first-order valence-electron chi connectivity index (χ1n) is 6.29. The quantitative estimate of drug-likeness (QED) is 0.591. The summed E-state index contributed by atoms with van der Waals surface area (Å²) in [6, 6.07) is 7.95. The van der Waals surface area contributed by atoms with Crippen LogP contribution in [0, 0.1) is 0 Å². The lowest BCUT2D eigenvalue weighted by Crippen LogP contribution is -2.16. The third kappa shape index (κ3) is 5.68. The second-order valence-electron chi connectivity index (χ2n) is 4.19. The summed E-state index contributed by atoms with van der Waals surface area (Å²) >= 11 is 4.76. The number of hydrogen-bond donors (Lipinski definition) is 1. The second-order valence-corrected chi connectivity index (χ2v) is 4.60.